The molecule has 1 N–H and O–H groups in total. The summed E-state index contributed by atoms with van der Waals surface area (Å²) in [7, 11) is 0. The summed E-state index contributed by atoms with van der Waals surface area (Å²) in [6.45, 7) is 2.08. The number of thiol groups is 1. The lowest BCUT2D eigenvalue weighted by Crippen LogP contribution is -2.23. The molecule has 1 heterocycles. The smallest absolute Gasteiger partial charge is 0.0269 e. The number of hydrogen-bond donors (Lipinski definition) is 2. The molecule has 1 aromatic rings. The van der Waals surface area contributed by atoms with Crippen molar-refractivity contribution in [3.63, 3.8) is 0 Å². The summed E-state index contributed by atoms with van der Waals surface area (Å²) < 4.78 is 0. The summed E-state index contributed by atoms with van der Waals surface area (Å²) in [6.07, 6.45) is 1.14. The van der Waals surface area contributed by atoms with E-state index in [4.69, 9.17) is 0 Å². The average Bonchev–Trinajstić information content (AvgIpc) is 2.17. The maximum atomic E-state index is 4.01. The molecule has 0 saturated carbocycles. The first-order chi connectivity index (χ1) is 5.90. The summed E-state index contributed by atoms with van der Waals surface area (Å²) in [5, 5.41) is 6.18. The number of benzene rings is 1. The van der Waals surface area contributed by atoms with Crippen molar-refractivity contribution in [2.45, 2.75) is 13.0 Å². The highest BCUT2D eigenvalue weighted by Crippen LogP contribution is 2.15. The maximum absolute atomic E-state index is 4.01. The summed E-state index contributed by atoms with van der Waals surface area (Å²) in [6, 6.07) is 6.39. The Balaban J connectivity index is 2.44. The van der Waals surface area contributed by atoms with Gasteiger partial charge in [-0.25, -0.2) is 0 Å². The van der Waals surface area contributed by atoms with E-state index in [9.17, 15) is 0 Å². The molecule has 0 aliphatic carbocycles. The quantitative estimate of drug-likeness (QED) is 0.573. The van der Waals surface area contributed by atoms with E-state index in [2.05, 4.69) is 40.7 Å². The standard InChI is InChI=1S/C10H11NS/c12-7-8-1-2-9-3-4-11-6-10(9)5-8/h1-2,5,11-12H,3-4,6H2. The fourth-order valence-corrected chi connectivity index (χ4v) is 1.69. The van der Waals surface area contributed by atoms with Crippen LogP contribution in [0.2, 0.25) is 0 Å². The van der Waals surface area contributed by atoms with Crippen LogP contribution in [-0.4, -0.2) is 6.54 Å². The van der Waals surface area contributed by atoms with Gasteiger partial charge in [-0.3, -0.25) is 0 Å². The van der Waals surface area contributed by atoms with Gasteiger partial charge in [0.25, 0.3) is 0 Å². The molecule has 1 nitrogen and oxygen atoms in total. The molecule has 12 heavy (non-hydrogen) atoms. The third-order valence-electron chi connectivity index (χ3n) is 2.22. The normalized spacial score (nSPS) is 15.0. The van der Waals surface area contributed by atoms with Crippen LogP contribution in [0.5, 0.6) is 0 Å². The van der Waals surface area contributed by atoms with Crippen molar-refractivity contribution in [1.29, 1.82) is 0 Å². The zero-order valence-corrected chi connectivity index (χ0v) is 7.70. The van der Waals surface area contributed by atoms with Crippen LogP contribution in [0.25, 0.3) is 0 Å². The molecule has 1 aliphatic heterocycles. The zero-order chi connectivity index (χ0) is 8.39. The molecular weight excluding hydrogens is 166 g/mol. The first kappa shape index (κ1) is 7.81. The average molecular weight is 177 g/mol. The van der Waals surface area contributed by atoms with Gasteiger partial charge in [0, 0.05) is 12.1 Å². The molecule has 1 aliphatic rings. The lowest BCUT2D eigenvalue weighted by molar-refractivity contribution is 0.643. The van der Waals surface area contributed by atoms with Gasteiger partial charge in [-0.2, -0.15) is 0 Å². The predicted octanol–water partition coefficient (Wildman–Crippen LogP) is 1.57. The molecule has 62 valence electrons. The molecule has 0 atom stereocenters. The number of hydrogen-bond acceptors (Lipinski definition) is 1. The van der Waals surface area contributed by atoms with Crippen LogP contribution in [0.3, 0.4) is 0 Å². The lowest BCUT2D eigenvalue weighted by atomic mass is 9.99. The fraction of sp³-hybridized carbons (Fsp3) is 0.300. The van der Waals surface area contributed by atoms with E-state index in [1.807, 2.05) is 0 Å². The minimum absolute atomic E-state index is 0.985. The highest BCUT2D eigenvalue weighted by Gasteiger charge is 2.07. The van der Waals surface area contributed by atoms with Crippen molar-refractivity contribution in [2.24, 2.45) is 0 Å². The molecule has 2 heteroatoms. The van der Waals surface area contributed by atoms with E-state index in [1.54, 1.807) is 0 Å². The third-order valence-corrected chi connectivity index (χ3v) is 2.48. The van der Waals surface area contributed by atoms with Gasteiger partial charge in [-0.05, 0) is 36.2 Å². The third kappa shape index (κ3) is 1.37. The molecule has 0 radical (unpaired) electrons. The largest absolute Gasteiger partial charge is 0.312 e. The van der Waals surface area contributed by atoms with Crippen molar-refractivity contribution in [2.75, 3.05) is 6.54 Å². The van der Waals surface area contributed by atoms with Gasteiger partial charge in [-0.15, -0.1) is 12.0 Å². The maximum Gasteiger partial charge on any atom is 0.0269 e. The Bertz CT molecular complexity index is 338. The lowest BCUT2D eigenvalue weighted by Gasteiger charge is -2.16. The predicted molar refractivity (Wildman–Crippen MR) is 53.8 cm³/mol. The molecule has 2 rings (SSSR count). The van der Waals surface area contributed by atoms with Crippen LogP contribution in [0, 0.1) is 5.18 Å². The Labute approximate surface area is 77.4 Å². The van der Waals surface area contributed by atoms with Gasteiger partial charge in [0.2, 0.25) is 0 Å². The van der Waals surface area contributed by atoms with E-state index in [0.29, 0.717) is 0 Å². The van der Waals surface area contributed by atoms with Gasteiger partial charge >= 0.3 is 0 Å². The Morgan fingerprint density at radius 3 is 3.08 bits per heavy atom. The van der Waals surface area contributed by atoms with Crippen LogP contribution in [0.1, 0.15) is 16.7 Å². The number of fused-ring (bicyclic) bond motifs is 1. The first-order valence-corrected chi connectivity index (χ1v) is 4.57. The molecular formula is C10H11NS. The number of rotatable bonds is 0. The molecule has 0 saturated heterocycles. The van der Waals surface area contributed by atoms with Gasteiger partial charge in [0.15, 0.2) is 0 Å². The fourth-order valence-electron chi connectivity index (χ4n) is 1.55. The van der Waals surface area contributed by atoms with Crippen molar-refractivity contribution in [3.8, 4) is 5.18 Å². The minimum atomic E-state index is 0.985. The van der Waals surface area contributed by atoms with Crippen LogP contribution in [0.4, 0.5) is 0 Å². The van der Waals surface area contributed by atoms with E-state index < -0.39 is 0 Å². The SMILES string of the molecule is [SH]#Cc1ccc2c(c1)CNCC2. The molecule has 0 spiro atoms. The van der Waals surface area contributed by atoms with Crippen LogP contribution >= 0.6 is 12.0 Å². The van der Waals surface area contributed by atoms with Crippen molar-refractivity contribution < 1.29 is 0 Å². The Hall–Kier alpha value is -0.820. The summed E-state index contributed by atoms with van der Waals surface area (Å²) in [5.41, 5.74) is 3.92. The van der Waals surface area contributed by atoms with Crippen molar-refractivity contribution in [1.82, 2.24) is 5.32 Å². The van der Waals surface area contributed by atoms with Gasteiger partial charge in [0.1, 0.15) is 0 Å². The Morgan fingerprint density at radius 1 is 1.33 bits per heavy atom. The molecule has 0 bridgehead atoms. The van der Waals surface area contributed by atoms with E-state index in [-0.39, 0.29) is 0 Å². The van der Waals surface area contributed by atoms with Crippen molar-refractivity contribution >= 4 is 12.0 Å². The zero-order valence-electron chi connectivity index (χ0n) is 6.80. The van der Waals surface area contributed by atoms with Gasteiger partial charge < -0.3 is 5.32 Å². The van der Waals surface area contributed by atoms with Gasteiger partial charge in [-0.1, -0.05) is 11.3 Å². The van der Waals surface area contributed by atoms with E-state index in [0.717, 1.165) is 25.1 Å². The molecule has 0 fully saturated rings. The van der Waals surface area contributed by atoms with Gasteiger partial charge in [0.05, 0.1) is 0 Å². The molecule has 1 aromatic carbocycles. The topological polar surface area (TPSA) is 12.0 Å². The highest BCUT2D eigenvalue weighted by atomic mass is 32.1. The highest BCUT2D eigenvalue weighted by molar-refractivity contribution is 7.69. The Kier molecular flexibility index (Phi) is 2.13. The summed E-state index contributed by atoms with van der Waals surface area (Å²) in [4.78, 5) is 0. The second-order valence-corrected chi connectivity index (χ2v) is 3.25. The second-order valence-electron chi connectivity index (χ2n) is 3.02. The van der Waals surface area contributed by atoms with E-state index >= 15 is 0 Å². The molecule has 0 amide bonds. The summed E-state index contributed by atoms with van der Waals surface area (Å²) >= 11 is 4.01. The second kappa shape index (κ2) is 3.28. The molecule has 0 aromatic heterocycles. The van der Waals surface area contributed by atoms with Crippen LogP contribution in [0.15, 0.2) is 18.2 Å². The number of nitrogens with one attached hydrogen (secondary N) is 1. The van der Waals surface area contributed by atoms with Crippen LogP contribution < -0.4 is 5.32 Å². The molecule has 0 unspecified atom stereocenters. The van der Waals surface area contributed by atoms with Crippen LogP contribution in [-0.2, 0) is 13.0 Å². The summed E-state index contributed by atoms with van der Waals surface area (Å²) in [5.74, 6) is 0. The van der Waals surface area contributed by atoms with Crippen molar-refractivity contribution in [3.05, 3.63) is 34.9 Å². The minimum Gasteiger partial charge on any atom is -0.312 e. The first-order valence-electron chi connectivity index (χ1n) is 4.13. The van der Waals surface area contributed by atoms with E-state index in [1.165, 1.54) is 11.1 Å². The Morgan fingerprint density at radius 2 is 2.25 bits per heavy atom. The monoisotopic (exact) mass is 177 g/mol.